The summed E-state index contributed by atoms with van der Waals surface area (Å²) in [6.07, 6.45) is 0. The molecule has 1 aromatic rings. The van der Waals surface area contributed by atoms with E-state index in [1.807, 2.05) is 22.6 Å². The van der Waals surface area contributed by atoms with E-state index in [1.54, 1.807) is 0 Å². The van der Waals surface area contributed by atoms with Crippen molar-refractivity contribution in [2.45, 2.75) is 0 Å². The normalized spacial score (nSPS) is 9.89. The number of carbonyl (C=O) groups excluding carboxylic acids is 2. The lowest BCUT2D eigenvalue weighted by molar-refractivity contribution is -0.384. The molecule has 0 aliphatic heterocycles. The number of halogens is 1. The fourth-order valence-electron chi connectivity index (χ4n) is 1.30. The highest BCUT2D eigenvalue weighted by molar-refractivity contribution is 14.1. The van der Waals surface area contributed by atoms with Crippen LogP contribution in [0.1, 0.15) is 10.4 Å². The Bertz CT molecular complexity index is 518. The number of rotatable bonds is 4. The van der Waals surface area contributed by atoms with Crippen molar-refractivity contribution in [1.29, 1.82) is 0 Å². The van der Waals surface area contributed by atoms with Gasteiger partial charge in [-0.1, -0.05) is 0 Å². The number of hydrogen-bond donors (Lipinski definition) is 1. The summed E-state index contributed by atoms with van der Waals surface area (Å²) in [4.78, 5) is 33.9. The van der Waals surface area contributed by atoms with Crippen LogP contribution in [0.4, 0.5) is 5.69 Å². The molecule has 96 valence electrons. The second-order valence-electron chi connectivity index (χ2n) is 3.55. The standard InChI is InChI=1S/C10H10IN3O4/c1-13(5-9(12)15)10(16)7-4-6(14(17)18)2-3-8(7)11/h2-4H,5H2,1H3,(H2,12,15). The van der Waals surface area contributed by atoms with Crippen LogP contribution in [0.2, 0.25) is 0 Å². The minimum Gasteiger partial charge on any atom is -0.368 e. The molecule has 0 heterocycles. The molecule has 0 saturated carbocycles. The first kappa shape index (κ1) is 14.4. The van der Waals surface area contributed by atoms with Crippen molar-refractivity contribution in [3.63, 3.8) is 0 Å². The highest BCUT2D eigenvalue weighted by atomic mass is 127. The fraction of sp³-hybridized carbons (Fsp3) is 0.200. The lowest BCUT2D eigenvalue weighted by atomic mass is 10.2. The van der Waals surface area contributed by atoms with Crippen LogP contribution in [0.25, 0.3) is 0 Å². The summed E-state index contributed by atoms with van der Waals surface area (Å²) >= 11 is 1.90. The summed E-state index contributed by atoms with van der Waals surface area (Å²) in [5, 5.41) is 10.6. The monoisotopic (exact) mass is 363 g/mol. The van der Waals surface area contributed by atoms with Crippen LogP contribution in [0.15, 0.2) is 18.2 Å². The Balaban J connectivity index is 3.08. The smallest absolute Gasteiger partial charge is 0.270 e. The average Bonchev–Trinajstić information content (AvgIpc) is 2.27. The molecule has 0 radical (unpaired) electrons. The molecule has 18 heavy (non-hydrogen) atoms. The highest BCUT2D eigenvalue weighted by Gasteiger charge is 2.19. The molecule has 0 aromatic heterocycles. The Labute approximate surface area is 116 Å². The van der Waals surface area contributed by atoms with Crippen molar-refractivity contribution in [3.8, 4) is 0 Å². The molecule has 0 spiro atoms. The van der Waals surface area contributed by atoms with Gasteiger partial charge in [0.15, 0.2) is 0 Å². The van der Waals surface area contributed by atoms with Gasteiger partial charge in [0, 0.05) is 22.8 Å². The number of primary amides is 1. The average molecular weight is 363 g/mol. The van der Waals surface area contributed by atoms with Gasteiger partial charge in [0.05, 0.1) is 17.0 Å². The number of nitro groups is 1. The van der Waals surface area contributed by atoms with Gasteiger partial charge in [-0.3, -0.25) is 19.7 Å². The van der Waals surface area contributed by atoms with Crippen molar-refractivity contribution < 1.29 is 14.5 Å². The summed E-state index contributed by atoms with van der Waals surface area (Å²) in [5.41, 5.74) is 4.98. The van der Waals surface area contributed by atoms with Crippen LogP contribution in [0.5, 0.6) is 0 Å². The topological polar surface area (TPSA) is 107 Å². The summed E-state index contributed by atoms with van der Waals surface area (Å²) in [5.74, 6) is -1.13. The second-order valence-corrected chi connectivity index (χ2v) is 4.71. The van der Waals surface area contributed by atoms with E-state index in [0.717, 1.165) is 4.90 Å². The SMILES string of the molecule is CN(CC(N)=O)C(=O)c1cc([N+](=O)[O-])ccc1I. The van der Waals surface area contributed by atoms with Crippen LogP contribution < -0.4 is 5.73 Å². The van der Waals surface area contributed by atoms with Gasteiger partial charge in [-0.15, -0.1) is 0 Å². The number of non-ortho nitro benzene ring substituents is 1. The van der Waals surface area contributed by atoms with Gasteiger partial charge >= 0.3 is 0 Å². The van der Waals surface area contributed by atoms with E-state index in [9.17, 15) is 19.7 Å². The highest BCUT2D eigenvalue weighted by Crippen LogP contribution is 2.20. The third-order valence-electron chi connectivity index (χ3n) is 2.13. The van der Waals surface area contributed by atoms with Crippen LogP contribution >= 0.6 is 22.6 Å². The molecular weight excluding hydrogens is 353 g/mol. The van der Waals surface area contributed by atoms with Crippen molar-refractivity contribution in [2.75, 3.05) is 13.6 Å². The number of likely N-dealkylation sites (N-methyl/N-ethyl adjacent to an activating group) is 1. The van der Waals surface area contributed by atoms with E-state index in [0.29, 0.717) is 3.57 Å². The quantitative estimate of drug-likeness (QED) is 0.484. The molecule has 1 rings (SSSR count). The van der Waals surface area contributed by atoms with E-state index >= 15 is 0 Å². The zero-order valence-electron chi connectivity index (χ0n) is 9.42. The molecule has 0 fully saturated rings. The number of nitrogens with zero attached hydrogens (tertiary/aromatic N) is 2. The van der Waals surface area contributed by atoms with E-state index in [2.05, 4.69) is 0 Å². The van der Waals surface area contributed by atoms with E-state index in [-0.39, 0.29) is 17.8 Å². The molecule has 0 unspecified atom stereocenters. The molecule has 7 nitrogen and oxygen atoms in total. The maximum absolute atomic E-state index is 12.0. The second kappa shape index (κ2) is 5.76. The Morgan fingerprint density at radius 1 is 1.50 bits per heavy atom. The molecule has 1 aromatic carbocycles. The number of nitro benzene ring substituents is 1. The fourth-order valence-corrected chi connectivity index (χ4v) is 1.87. The van der Waals surface area contributed by atoms with E-state index in [1.165, 1.54) is 25.2 Å². The summed E-state index contributed by atoms with van der Waals surface area (Å²) in [6, 6.07) is 3.97. The Hall–Kier alpha value is -1.71. The lowest BCUT2D eigenvalue weighted by Crippen LogP contribution is -2.35. The third kappa shape index (κ3) is 3.39. The Morgan fingerprint density at radius 3 is 2.61 bits per heavy atom. The summed E-state index contributed by atoms with van der Waals surface area (Å²) < 4.78 is 0.569. The number of nitrogens with two attached hydrogens (primary N) is 1. The van der Waals surface area contributed by atoms with Crippen LogP contribution in [0.3, 0.4) is 0 Å². The number of benzene rings is 1. The van der Waals surface area contributed by atoms with E-state index in [4.69, 9.17) is 5.73 Å². The van der Waals surface area contributed by atoms with Crippen LogP contribution in [-0.2, 0) is 4.79 Å². The molecule has 0 aliphatic carbocycles. The Kier molecular flexibility index (Phi) is 4.59. The minimum absolute atomic E-state index is 0.175. The zero-order chi connectivity index (χ0) is 13.9. The first-order chi connectivity index (χ1) is 8.32. The zero-order valence-corrected chi connectivity index (χ0v) is 11.6. The van der Waals surface area contributed by atoms with Gasteiger partial charge in [0.2, 0.25) is 5.91 Å². The van der Waals surface area contributed by atoms with E-state index < -0.39 is 16.7 Å². The van der Waals surface area contributed by atoms with Crippen molar-refractivity contribution in [2.24, 2.45) is 5.73 Å². The number of carbonyl (C=O) groups is 2. The van der Waals surface area contributed by atoms with Crippen LogP contribution in [-0.4, -0.2) is 35.2 Å². The molecular formula is C10H10IN3O4. The van der Waals surface area contributed by atoms with Gasteiger partial charge in [-0.25, -0.2) is 0 Å². The van der Waals surface area contributed by atoms with Gasteiger partial charge < -0.3 is 10.6 Å². The molecule has 0 atom stereocenters. The van der Waals surface area contributed by atoms with Crippen LogP contribution in [0, 0.1) is 13.7 Å². The van der Waals surface area contributed by atoms with Gasteiger partial charge in [-0.05, 0) is 28.7 Å². The largest absolute Gasteiger partial charge is 0.368 e. The maximum Gasteiger partial charge on any atom is 0.270 e. The van der Waals surface area contributed by atoms with Crippen molar-refractivity contribution in [3.05, 3.63) is 37.4 Å². The lowest BCUT2D eigenvalue weighted by Gasteiger charge is -2.15. The number of hydrogen-bond acceptors (Lipinski definition) is 4. The molecule has 2 N–H and O–H groups in total. The first-order valence-electron chi connectivity index (χ1n) is 4.80. The summed E-state index contributed by atoms with van der Waals surface area (Å²) in [6.45, 7) is -0.238. The molecule has 2 amide bonds. The minimum atomic E-state index is -0.647. The Morgan fingerprint density at radius 2 is 2.11 bits per heavy atom. The van der Waals surface area contributed by atoms with Crippen molar-refractivity contribution in [1.82, 2.24) is 4.90 Å². The molecule has 0 bridgehead atoms. The van der Waals surface area contributed by atoms with Gasteiger partial charge in [0.1, 0.15) is 0 Å². The third-order valence-corrected chi connectivity index (χ3v) is 3.07. The number of amides is 2. The molecule has 8 heteroatoms. The summed E-state index contributed by atoms with van der Waals surface area (Å²) in [7, 11) is 1.40. The predicted octanol–water partition coefficient (Wildman–Crippen LogP) is 0.757. The molecule has 0 aliphatic rings. The van der Waals surface area contributed by atoms with Gasteiger partial charge in [-0.2, -0.15) is 0 Å². The first-order valence-corrected chi connectivity index (χ1v) is 5.88. The van der Waals surface area contributed by atoms with Crippen molar-refractivity contribution >= 4 is 40.1 Å². The predicted molar refractivity (Wildman–Crippen MR) is 72.0 cm³/mol. The molecule has 0 saturated heterocycles. The maximum atomic E-state index is 12.0. The van der Waals surface area contributed by atoms with Gasteiger partial charge in [0.25, 0.3) is 11.6 Å².